The molecule has 0 atom stereocenters. The molecule has 0 aromatic heterocycles. The van der Waals surface area contributed by atoms with Gasteiger partial charge in [-0.25, -0.2) is 4.79 Å². The minimum atomic E-state index is -1.01. The fourth-order valence-electron chi connectivity index (χ4n) is 5.15. The van der Waals surface area contributed by atoms with Gasteiger partial charge in [0.25, 0.3) is 0 Å². The van der Waals surface area contributed by atoms with Crippen molar-refractivity contribution in [3.63, 3.8) is 0 Å². The molecule has 0 bridgehead atoms. The number of ether oxygens (including phenoxy) is 1. The Bertz CT molecular complexity index is 1060. The molecule has 0 saturated heterocycles. The molecule has 210 valence electrons. The van der Waals surface area contributed by atoms with Crippen LogP contribution in [0.4, 0.5) is 0 Å². The number of hydrogen-bond acceptors (Lipinski definition) is 3. The maximum absolute atomic E-state index is 13.3. The summed E-state index contributed by atoms with van der Waals surface area (Å²) in [5.41, 5.74) is 3.09. The molecule has 1 saturated carbocycles. The van der Waals surface area contributed by atoms with Crippen molar-refractivity contribution in [3.05, 3.63) is 65.2 Å². The summed E-state index contributed by atoms with van der Waals surface area (Å²) in [5.74, 6) is 6.95. The van der Waals surface area contributed by atoms with Crippen molar-refractivity contribution in [2.24, 2.45) is 5.92 Å². The first kappa shape index (κ1) is 30.3. The second-order valence-corrected chi connectivity index (χ2v) is 10.8. The van der Waals surface area contributed by atoms with Crippen molar-refractivity contribution in [1.82, 2.24) is 4.90 Å². The Morgan fingerprint density at radius 3 is 2.15 bits per heavy atom. The van der Waals surface area contributed by atoms with E-state index in [9.17, 15) is 9.59 Å². The van der Waals surface area contributed by atoms with Crippen LogP contribution in [0.15, 0.2) is 48.5 Å². The lowest BCUT2D eigenvalue weighted by atomic mass is 10.0. The van der Waals surface area contributed by atoms with Crippen molar-refractivity contribution in [2.45, 2.75) is 103 Å². The number of rotatable bonds is 16. The molecule has 0 heterocycles. The zero-order valence-corrected chi connectivity index (χ0v) is 23.6. The van der Waals surface area contributed by atoms with Gasteiger partial charge in [-0.3, -0.25) is 4.79 Å². The lowest BCUT2D eigenvalue weighted by molar-refractivity contribution is -0.139. The van der Waals surface area contributed by atoms with Crippen molar-refractivity contribution >= 4 is 11.9 Å². The van der Waals surface area contributed by atoms with E-state index >= 15 is 0 Å². The molecule has 0 aliphatic heterocycles. The average Bonchev–Trinajstić information content (AvgIpc) is 3.47. The second kappa shape index (κ2) is 17.4. The first-order chi connectivity index (χ1) is 19.0. The molecule has 3 rings (SSSR count). The molecule has 39 heavy (non-hydrogen) atoms. The van der Waals surface area contributed by atoms with E-state index in [1.165, 1.54) is 64.2 Å². The summed E-state index contributed by atoms with van der Waals surface area (Å²) in [4.78, 5) is 26.0. The van der Waals surface area contributed by atoms with Crippen LogP contribution in [0.1, 0.15) is 107 Å². The van der Waals surface area contributed by atoms with Crippen LogP contribution in [-0.2, 0) is 22.7 Å². The summed E-state index contributed by atoms with van der Waals surface area (Å²) in [7, 11) is 0. The van der Waals surface area contributed by atoms with Crippen LogP contribution in [-0.4, -0.2) is 28.5 Å². The fourth-order valence-corrected chi connectivity index (χ4v) is 5.15. The minimum absolute atomic E-state index is 0.177. The van der Waals surface area contributed by atoms with Gasteiger partial charge in [0.2, 0.25) is 5.91 Å². The van der Waals surface area contributed by atoms with Crippen LogP contribution in [0.2, 0.25) is 0 Å². The van der Waals surface area contributed by atoms with Gasteiger partial charge in [0.15, 0.2) is 6.61 Å². The largest absolute Gasteiger partial charge is 0.482 e. The Kier molecular flexibility index (Phi) is 13.5. The van der Waals surface area contributed by atoms with Gasteiger partial charge in [-0.05, 0) is 54.2 Å². The van der Waals surface area contributed by atoms with Crippen LogP contribution >= 0.6 is 0 Å². The molecule has 5 nitrogen and oxygen atoms in total. The standard InChI is InChI=1S/C34H45NO4/c1-2-3-4-5-6-7-8-9-12-29-15-17-30(18-16-29)25-35(33(36)24-21-28-13-10-11-14-28)26-31-19-22-32(23-20-31)39-27-34(37)38/h15-20,22-23,28H,2-8,10-11,13-14,21,24-27H2,1H3,(H,37,38). The highest BCUT2D eigenvalue weighted by atomic mass is 16.5. The second-order valence-electron chi connectivity index (χ2n) is 10.8. The van der Waals surface area contributed by atoms with Crippen molar-refractivity contribution < 1.29 is 19.4 Å². The summed E-state index contributed by atoms with van der Waals surface area (Å²) >= 11 is 0. The molecule has 0 radical (unpaired) electrons. The van der Waals surface area contributed by atoms with E-state index in [0.717, 1.165) is 29.5 Å². The van der Waals surface area contributed by atoms with Crippen LogP contribution < -0.4 is 4.74 Å². The molecule has 1 amide bonds. The van der Waals surface area contributed by atoms with Gasteiger partial charge in [-0.2, -0.15) is 0 Å². The van der Waals surface area contributed by atoms with Gasteiger partial charge in [0, 0.05) is 31.5 Å². The van der Waals surface area contributed by atoms with Crippen molar-refractivity contribution in [2.75, 3.05) is 6.61 Å². The smallest absolute Gasteiger partial charge is 0.341 e. The Morgan fingerprint density at radius 2 is 1.51 bits per heavy atom. The average molecular weight is 532 g/mol. The van der Waals surface area contributed by atoms with E-state index in [2.05, 4.69) is 43.0 Å². The summed E-state index contributed by atoms with van der Waals surface area (Å²) in [6, 6.07) is 15.6. The zero-order chi connectivity index (χ0) is 27.7. The monoisotopic (exact) mass is 531 g/mol. The number of hydrogen-bond donors (Lipinski definition) is 1. The Balaban J connectivity index is 1.57. The topological polar surface area (TPSA) is 66.8 Å². The van der Waals surface area contributed by atoms with Gasteiger partial charge in [0.05, 0.1) is 0 Å². The number of carbonyl (C=O) groups is 2. The summed E-state index contributed by atoms with van der Waals surface area (Å²) in [6.07, 6.45) is 15.2. The highest BCUT2D eigenvalue weighted by Gasteiger charge is 2.20. The summed E-state index contributed by atoms with van der Waals surface area (Å²) < 4.78 is 5.25. The van der Waals surface area contributed by atoms with Crippen molar-refractivity contribution in [1.29, 1.82) is 0 Å². The normalized spacial score (nSPS) is 13.1. The van der Waals surface area contributed by atoms with Crippen LogP contribution in [0.25, 0.3) is 0 Å². The zero-order valence-electron chi connectivity index (χ0n) is 23.6. The number of carbonyl (C=O) groups excluding carboxylic acids is 1. The van der Waals surface area contributed by atoms with Gasteiger partial charge in [0.1, 0.15) is 5.75 Å². The SMILES string of the molecule is CCCCCCCCC#Cc1ccc(CN(Cc2ccc(OCC(=O)O)cc2)C(=O)CCC2CCCC2)cc1. The van der Waals surface area contributed by atoms with Gasteiger partial charge in [-0.15, -0.1) is 0 Å². The number of benzene rings is 2. The molecule has 0 unspecified atom stereocenters. The van der Waals surface area contributed by atoms with Gasteiger partial charge in [-0.1, -0.05) is 101 Å². The number of aliphatic carboxylic acids is 1. The molecular weight excluding hydrogens is 486 g/mol. The van der Waals surface area contributed by atoms with Crippen LogP contribution in [0.5, 0.6) is 5.75 Å². The highest BCUT2D eigenvalue weighted by Crippen LogP contribution is 2.29. The number of amides is 1. The fraction of sp³-hybridized carbons (Fsp3) is 0.529. The van der Waals surface area contributed by atoms with Crippen molar-refractivity contribution in [3.8, 4) is 17.6 Å². The molecule has 1 aliphatic carbocycles. The van der Waals surface area contributed by atoms with E-state index in [1.807, 2.05) is 17.0 Å². The molecule has 2 aromatic carbocycles. The third-order valence-electron chi connectivity index (χ3n) is 7.47. The van der Waals surface area contributed by atoms with E-state index in [1.54, 1.807) is 12.1 Å². The minimum Gasteiger partial charge on any atom is -0.482 e. The third kappa shape index (κ3) is 12.0. The van der Waals surface area contributed by atoms with E-state index < -0.39 is 5.97 Å². The van der Waals surface area contributed by atoms with E-state index in [4.69, 9.17) is 9.84 Å². The predicted octanol–water partition coefficient (Wildman–Crippen LogP) is 7.75. The molecule has 1 N–H and O–H groups in total. The molecule has 1 fully saturated rings. The lowest BCUT2D eigenvalue weighted by Gasteiger charge is -2.24. The number of nitrogens with zero attached hydrogens (tertiary/aromatic N) is 1. The first-order valence-corrected chi connectivity index (χ1v) is 14.8. The lowest BCUT2D eigenvalue weighted by Crippen LogP contribution is -2.30. The predicted molar refractivity (Wildman–Crippen MR) is 156 cm³/mol. The van der Waals surface area contributed by atoms with E-state index in [-0.39, 0.29) is 12.5 Å². The highest BCUT2D eigenvalue weighted by molar-refractivity contribution is 5.76. The molecule has 2 aromatic rings. The quantitative estimate of drug-likeness (QED) is 0.178. The first-order valence-electron chi connectivity index (χ1n) is 14.8. The molecule has 0 spiro atoms. The van der Waals surface area contributed by atoms with Crippen LogP contribution in [0, 0.1) is 17.8 Å². The van der Waals surface area contributed by atoms with Crippen LogP contribution in [0.3, 0.4) is 0 Å². The Hall–Kier alpha value is -3.26. The summed E-state index contributed by atoms with van der Waals surface area (Å²) in [6.45, 7) is 2.92. The number of unbranched alkanes of at least 4 members (excludes halogenated alkanes) is 6. The molecule has 1 aliphatic rings. The maximum atomic E-state index is 13.3. The molecular formula is C34H45NO4. The summed E-state index contributed by atoms with van der Waals surface area (Å²) in [5, 5.41) is 8.82. The van der Waals surface area contributed by atoms with E-state index in [0.29, 0.717) is 31.2 Å². The number of carboxylic acid groups (broad SMARTS) is 1. The Morgan fingerprint density at radius 1 is 0.897 bits per heavy atom. The molecule has 5 heteroatoms. The Labute approximate surface area is 235 Å². The maximum Gasteiger partial charge on any atom is 0.341 e. The number of carboxylic acids is 1. The van der Waals surface area contributed by atoms with Gasteiger partial charge >= 0.3 is 5.97 Å². The third-order valence-corrected chi connectivity index (χ3v) is 7.47. The van der Waals surface area contributed by atoms with Gasteiger partial charge < -0.3 is 14.7 Å².